The van der Waals surface area contributed by atoms with E-state index in [1.54, 1.807) is 12.1 Å². The van der Waals surface area contributed by atoms with Crippen LogP contribution >= 0.6 is 0 Å². The van der Waals surface area contributed by atoms with Crippen LogP contribution in [-0.4, -0.2) is 51.4 Å². The minimum atomic E-state index is -2.90. The number of anilines is 1. The van der Waals surface area contributed by atoms with Crippen LogP contribution in [0.5, 0.6) is 11.5 Å². The molecule has 1 fully saturated rings. The highest BCUT2D eigenvalue weighted by atomic mass is 32.2. The molecule has 1 aliphatic heterocycles. The van der Waals surface area contributed by atoms with E-state index in [2.05, 4.69) is 5.32 Å². The lowest BCUT2D eigenvalue weighted by atomic mass is 10.2. The molecule has 0 spiro atoms. The van der Waals surface area contributed by atoms with E-state index in [9.17, 15) is 8.42 Å². The van der Waals surface area contributed by atoms with Crippen molar-refractivity contribution >= 4 is 15.5 Å². The van der Waals surface area contributed by atoms with Gasteiger partial charge in [0, 0.05) is 17.8 Å². The summed E-state index contributed by atoms with van der Waals surface area (Å²) in [6.45, 7) is 0.0965. The first-order valence-corrected chi connectivity index (χ1v) is 8.25. The molecule has 1 unspecified atom stereocenters. The molecule has 2 N–H and O–H groups in total. The lowest BCUT2D eigenvalue weighted by Gasteiger charge is -2.15. The summed E-state index contributed by atoms with van der Waals surface area (Å²) in [6, 6.07) is 5.24. The standard InChI is InChI=1S/C13H19NO5S/c1-18-12-3-2-10(8-13(12)19-6-5-15)14-11-4-7-20(16,17)9-11/h2-3,8,11,14-15H,4-7,9H2,1H3. The Hall–Kier alpha value is -1.47. The van der Waals surface area contributed by atoms with Gasteiger partial charge in [-0.05, 0) is 18.6 Å². The minimum Gasteiger partial charge on any atom is -0.493 e. The second kappa shape index (κ2) is 6.32. The molecule has 1 atom stereocenters. The van der Waals surface area contributed by atoms with Crippen LogP contribution in [0.3, 0.4) is 0 Å². The number of sulfone groups is 1. The van der Waals surface area contributed by atoms with Crippen molar-refractivity contribution in [2.45, 2.75) is 12.5 Å². The molecule has 0 aliphatic carbocycles. The molecular weight excluding hydrogens is 282 g/mol. The number of hydrogen-bond donors (Lipinski definition) is 2. The van der Waals surface area contributed by atoms with E-state index in [1.165, 1.54) is 7.11 Å². The first kappa shape index (κ1) is 14.9. The Kier molecular flexibility index (Phi) is 4.72. The summed E-state index contributed by atoms with van der Waals surface area (Å²) in [7, 11) is -1.36. The molecule has 0 aromatic heterocycles. The zero-order chi connectivity index (χ0) is 14.6. The summed E-state index contributed by atoms with van der Waals surface area (Å²) in [6.07, 6.45) is 0.612. The molecule has 1 aromatic rings. The number of methoxy groups -OCH3 is 1. The molecular formula is C13H19NO5S. The van der Waals surface area contributed by atoms with Crippen molar-refractivity contribution in [3.63, 3.8) is 0 Å². The maximum atomic E-state index is 11.4. The fourth-order valence-electron chi connectivity index (χ4n) is 2.18. The van der Waals surface area contributed by atoms with Gasteiger partial charge in [0.15, 0.2) is 21.3 Å². The molecule has 0 saturated carbocycles. The molecule has 0 radical (unpaired) electrons. The Labute approximate surface area is 118 Å². The highest BCUT2D eigenvalue weighted by Crippen LogP contribution is 2.31. The van der Waals surface area contributed by atoms with Gasteiger partial charge in [-0.25, -0.2) is 8.42 Å². The zero-order valence-electron chi connectivity index (χ0n) is 11.3. The number of rotatable bonds is 6. The Morgan fingerprint density at radius 2 is 2.20 bits per heavy atom. The van der Waals surface area contributed by atoms with Crippen LogP contribution in [0.2, 0.25) is 0 Å². The van der Waals surface area contributed by atoms with Crippen molar-refractivity contribution < 1.29 is 23.0 Å². The van der Waals surface area contributed by atoms with Crippen LogP contribution in [0.1, 0.15) is 6.42 Å². The Morgan fingerprint density at radius 3 is 2.80 bits per heavy atom. The van der Waals surface area contributed by atoms with Crippen LogP contribution in [0, 0.1) is 0 Å². The number of hydrogen-bond acceptors (Lipinski definition) is 6. The van der Waals surface area contributed by atoms with Gasteiger partial charge in [0.1, 0.15) is 6.61 Å². The molecule has 1 aromatic carbocycles. The Balaban J connectivity index is 2.08. The Bertz CT molecular complexity index is 558. The Morgan fingerprint density at radius 1 is 1.40 bits per heavy atom. The molecule has 112 valence electrons. The second-order valence-electron chi connectivity index (χ2n) is 4.68. The van der Waals surface area contributed by atoms with Crippen LogP contribution < -0.4 is 14.8 Å². The van der Waals surface area contributed by atoms with E-state index in [0.29, 0.717) is 17.9 Å². The van der Waals surface area contributed by atoms with Gasteiger partial charge in [-0.15, -0.1) is 0 Å². The molecule has 2 rings (SSSR count). The molecule has 1 aliphatic rings. The van der Waals surface area contributed by atoms with Crippen LogP contribution in [0.25, 0.3) is 0 Å². The van der Waals surface area contributed by atoms with Crippen molar-refractivity contribution in [1.29, 1.82) is 0 Å². The fourth-order valence-corrected chi connectivity index (χ4v) is 3.85. The van der Waals surface area contributed by atoms with Crippen LogP contribution in [-0.2, 0) is 9.84 Å². The maximum absolute atomic E-state index is 11.4. The predicted molar refractivity (Wildman–Crippen MR) is 76.3 cm³/mol. The third-order valence-corrected chi connectivity index (χ3v) is 4.88. The summed E-state index contributed by atoms with van der Waals surface area (Å²) in [4.78, 5) is 0. The SMILES string of the molecule is COc1ccc(NC2CCS(=O)(=O)C2)cc1OCCO. The summed E-state index contributed by atoms with van der Waals surface area (Å²) >= 11 is 0. The van der Waals surface area contributed by atoms with Crippen molar-refractivity contribution in [2.24, 2.45) is 0 Å². The highest BCUT2D eigenvalue weighted by Gasteiger charge is 2.27. The molecule has 7 heteroatoms. The lowest BCUT2D eigenvalue weighted by Crippen LogP contribution is -2.20. The molecule has 6 nitrogen and oxygen atoms in total. The minimum absolute atomic E-state index is 0.0703. The van der Waals surface area contributed by atoms with Gasteiger partial charge in [0.05, 0.1) is 25.2 Å². The highest BCUT2D eigenvalue weighted by molar-refractivity contribution is 7.91. The first-order valence-electron chi connectivity index (χ1n) is 6.43. The fraction of sp³-hybridized carbons (Fsp3) is 0.538. The number of ether oxygens (including phenoxy) is 2. The lowest BCUT2D eigenvalue weighted by molar-refractivity contribution is 0.196. The molecule has 1 heterocycles. The monoisotopic (exact) mass is 301 g/mol. The van der Waals surface area contributed by atoms with Crippen molar-refractivity contribution in [3.8, 4) is 11.5 Å². The van der Waals surface area contributed by atoms with Gasteiger partial charge in [0.25, 0.3) is 0 Å². The molecule has 0 amide bonds. The van der Waals surface area contributed by atoms with Crippen LogP contribution in [0.4, 0.5) is 5.69 Å². The van der Waals surface area contributed by atoms with E-state index >= 15 is 0 Å². The average Bonchev–Trinajstić information content (AvgIpc) is 2.76. The predicted octanol–water partition coefficient (Wildman–Crippen LogP) is 0.665. The van der Waals surface area contributed by atoms with Gasteiger partial charge in [-0.2, -0.15) is 0 Å². The van der Waals surface area contributed by atoms with E-state index < -0.39 is 9.84 Å². The first-order chi connectivity index (χ1) is 9.54. The van der Waals surface area contributed by atoms with E-state index in [1.807, 2.05) is 6.07 Å². The summed E-state index contributed by atoms with van der Waals surface area (Å²) in [5, 5.41) is 12.0. The van der Waals surface area contributed by atoms with E-state index in [0.717, 1.165) is 5.69 Å². The van der Waals surface area contributed by atoms with Gasteiger partial charge in [0.2, 0.25) is 0 Å². The molecule has 0 bridgehead atoms. The van der Waals surface area contributed by atoms with Gasteiger partial charge in [-0.3, -0.25) is 0 Å². The number of nitrogens with one attached hydrogen (secondary N) is 1. The quantitative estimate of drug-likeness (QED) is 0.803. The van der Waals surface area contributed by atoms with Crippen molar-refractivity contribution in [2.75, 3.05) is 37.1 Å². The third kappa shape index (κ3) is 3.77. The molecule has 1 saturated heterocycles. The summed E-state index contributed by atoms with van der Waals surface area (Å²) in [5.41, 5.74) is 0.779. The van der Waals surface area contributed by atoms with E-state index in [-0.39, 0.29) is 30.8 Å². The van der Waals surface area contributed by atoms with E-state index in [4.69, 9.17) is 14.6 Å². The number of aliphatic hydroxyl groups is 1. The van der Waals surface area contributed by atoms with Crippen LogP contribution in [0.15, 0.2) is 18.2 Å². The zero-order valence-corrected chi connectivity index (χ0v) is 12.1. The van der Waals surface area contributed by atoms with Gasteiger partial charge < -0.3 is 19.9 Å². The smallest absolute Gasteiger partial charge is 0.163 e. The van der Waals surface area contributed by atoms with Crippen molar-refractivity contribution in [1.82, 2.24) is 0 Å². The van der Waals surface area contributed by atoms with Gasteiger partial charge >= 0.3 is 0 Å². The molecule has 20 heavy (non-hydrogen) atoms. The maximum Gasteiger partial charge on any atom is 0.163 e. The summed E-state index contributed by atoms with van der Waals surface area (Å²) in [5.74, 6) is 1.48. The third-order valence-electron chi connectivity index (χ3n) is 3.12. The number of aliphatic hydroxyl groups excluding tert-OH is 1. The topological polar surface area (TPSA) is 84.9 Å². The average molecular weight is 301 g/mol. The number of benzene rings is 1. The van der Waals surface area contributed by atoms with Crippen molar-refractivity contribution in [3.05, 3.63) is 18.2 Å². The normalized spacial score (nSPS) is 20.6. The largest absolute Gasteiger partial charge is 0.493 e. The second-order valence-corrected chi connectivity index (χ2v) is 6.91. The van der Waals surface area contributed by atoms with Gasteiger partial charge in [-0.1, -0.05) is 0 Å². The summed E-state index contributed by atoms with van der Waals surface area (Å²) < 4.78 is 33.4.